The molecular formula is C9H6F3NaO2. The van der Waals surface area contributed by atoms with Crippen molar-refractivity contribution in [2.45, 2.75) is 12.6 Å². The molecule has 0 aliphatic carbocycles. The summed E-state index contributed by atoms with van der Waals surface area (Å²) in [4.78, 5) is 10.1. The monoisotopic (exact) mass is 226 g/mol. The minimum absolute atomic E-state index is 0. The number of hydrogen-bond acceptors (Lipinski definition) is 2. The number of carboxylic acid groups (broad SMARTS) is 1. The van der Waals surface area contributed by atoms with Gasteiger partial charge in [-0.1, -0.05) is 18.2 Å². The van der Waals surface area contributed by atoms with E-state index in [0.717, 1.165) is 12.1 Å². The summed E-state index contributed by atoms with van der Waals surface area (Å²) >= 11 is 0. The third kappa shape index (κ3) is 4.68. The van der Waals surface area contributed by atoms with Crippen LogP contribution < -0.4 is 34.7 Å². The number of hydrogen-bond donors (Lipinski definition) is 0. The third-order valence-electron chi connectivity index (χ3n) is 1.60. The molecule has 0 radical (unpaired) electrons. The van der Waals surface area contributed by atoms with Crippen LogP contribution in [-0.2, 0) is 17.4 Å². The first-order valence-electron chi connectivity index (χ1n) is 3.75. The predicted molar refractivity (Wildman–Crippen MR) is 40.2 cm³/mol. The van der Waals surface area contributed by atoms with Gasteiger partial charge >= 0.3 is 35.7 Å². The van der Waals surface area contributed by atoms with Gasteiger partial charge in [0, 0.05) is 12.4 Å². The molecule has 0 saturated heterocycles. The number of carbonyl (C=O) groups excluding carboxylic acids is 1. The summed E-state index contributed by atoms with van der Waals surface area (Å²) < 4.78 is 36.4. The predicted octanol–water partition coefficient (Wildman–Crippen LogP) is -2.00. The molecule has 0 bridgehead atoms. The van der Waals surface area contributed by atoms with Gasteiger partial charge in [-0.3, -0.25) is 0 Å². The van der Waals surface area contributed by atoms with Crippen LogP contribution >= 0.6 is 0 Å². The average molecular weight is 226 g/mol. The van der Waals surface area contributed by atoms with E-state index in [0.29, 0.717) is 0 Å². The average Bonchev–Trinajstić information content (AvgIpc) is 2.01. The van der Waals surface area contributed by atoms with E-state index in [9.17, 15) is 23.1 Å². The van der Waals surface area contributed by atoms with Gasteiger partial charge in [-0.15, -0.1) is 0 Å². The van der Waals surface area contributed by atoms with Gasteiger partial charge in [0.15, 0.2) is 0 Å². The van der Waals surface area contributed by atoms with E-state index < -0.39 is 24.1 Å². The summed E-state index contributed by atoms with van der Waals surface area (Å²) in [5, 5.41) is 10.1. The molecule has 0 aliphatic heterocycles. The molecule has 0 N–H and O–H groups in total. The molecule has 2 nitrogen and oxygen atoms in total. The number of aliphatic carboxylic acids is 1. The Bertz CT molecular complexity index is 349. The molecule has 1 aromatic carbocycles. The molecular weight excluding hydrogens is 220 g/mol. The topological polar surface area (TPSA) is 40.1 Å². The van der Waals surface area contributed by atoms with Gasteiger partial charge in [-0.05, 0) is 11.6 Å². The van der Waals surface area contributed by atoms with Gasteiger partial charge < -0.3 is 9.90 Å². The Morgan fingerprint density at radius 2 is 1.93 bits per heavy atom. The SMILES string of the molecule is O=C([O-])Cc1cccc(C(F)(F)F)c1.[Na+]. The van der Waals surface area contributed by atoms with Crippen molar-refractivity contribution < 1.29 is 52.6 Å². The number of rotatable bonds is 2. The van der Waals surface area contributed by atoms with Gasteiger partial charge in [-0.25, -0.2) is 0 Å². The van der Waals surface area contributed by atoms with Crippen molar-refractivity contribution >= 4 is 5.97 Å². The van der Waals surface area contributed by atoms with Gasteiger partial charge in [0.25, 0.3) is 0 Å². The van der Waals surface area contributed by atoms with Crippen molar-refractivity contribution in [1.82, 2.24) is 0 Å². The van der Waals surface area contributed by atoms with E-state index >= 15 is 0 Å². The Labute approximate surface area is 106 Å². The molecule has 0 spiro atoms. The largest absolute Gasteiger partial charge is 1.00 e. The maximum atomic E-state index is 12.1. The van der Waals surface area contributed by atoms with Crippen LogP contribution in [0.5, 0.6) is 0 Å². The van der Waals surface area contributed by atoms with E-state index in [1.54, 1.807) is 0 Å². The van der Waals surface area contributed by atoms with Gasteiger partial charge in [0.05, 0.1) is 5.56 Å². The van der Waals surface area contributed by atoms with Crippen molar-refractivity contribution in [2.24, 2.45) is 0 Å². The molecule has 0 aliphatic rings. The molecule has 0 fully saturated rings. The van der Waals surface area contributed by atoms with E-state index in [4.69, 9.17) is 0 Å². The minimum Gasteiger partial charge on any atom is -0.550 e. The van der Waals surface area contributed by atoms with Crippen molar-refractivity contribution in [3.05, 3.63) is 35.4 Å². The molecule has 0 amide bonds. The quantitative estimate of drug-likeness (QED) is 0.547. The van der Waals surface area contributed by atoms with E-state index in [1.807, 2.05) is 0 Å². The van der Waals surface area contributed by atoms with Crippen LogP contribution in [0.15, 0.2) is 24.3 Å². The first kappa shape index (κ1) is 14.5. The second-order valence-corrected chi connectivity index (χ2v) is 2.75. The molecule has 0 aromatic heterocycles. The Hall–Kier alpha value is -0.520. The number of halogens is 3. The van der Waals surface area contributed by atoms with Crippen LogP contribution in [0.3, 0.4) is 0 Å². The van der Waals surface area contributed by atoms with Crippen LogP contribution in [0.1, 0.15) is 11.1 Å². The van der Waals surface area contributed by atoms with Crippen LogP contribution in [0, 0.1) is 0 Å². The molecule has 15 heavy (non-hydrogen) atoms. The molecule has 1 aromatic rings. The third-order valence-corrected chi connectivity index (χ3v) is 1.60. The molecule has 0 atom stereocenters. The zero-order valence-electron chi connectivity index (χ0n) is 7.97. The Morgan fingerprint density at radius 3 is 2.40 bits per heavy atom. The Balaban J connectivity index is 0.00000196. The van der Waals surface area contributed by atoms with E-state index in [-0.39, 0.29) is 35.1 Å². The number of alkyl halides is 3. The van der Waals surface area contributed by atoms with Crippen LogP contribution in [0.2, 0.25) is 0 Å². The molecule has 0 heterocycles. The van der Waals surface area contributed by atoms with Gasteiger partial charge in [0.2, 0.25) is 0 Å². The fraction of sp³-hybridized carbons (Fsp3) is 0.222. The summed E-state index contributed by atoms with van der Waals surface area (Å²) in [5.74, 6) is -1.40. The zero-order valence-corrected chi connectivity index (χ0v) is 9.97. The fourth-order valence-electron chi connectivity index (χ4n) is 1.02. The van der Waals surface area contributed by atoms with Crippen LogP contribution in [0.4, 0.5) is 13.2 Å². The molecule has 0 saturated carbocycles. The number of benzene rings is 1. The number of carboxylic acids is 1. The second kappa shape index (κ2) is 5.53. The Kier molecular flexibility index (Phi) is 5.34. The fourth-order valence-corrected chi connectivity index (χ4v) is 1.02. The molecule has 0 unspecified atom stereocenters. The van der Waals surface area contributed by atoms with Crippen LogP contribution in [-0.4, -0.2) is 5.97 Å². The standard InChI is InChI=1S/C9H7F3O2.Na/c10-9(11,12)7-3-1-2-6(4-7)5-8(13)14;/h1-4H,5H2,(H,13,14);/q;+1/p-1. The van der Waals surface area contributed by atoms with Crippen molar-refractivity contribution in [3.63, 3.8) is 0 Å². The summed E-state index contributed by atoms with van der Waals surface area (Å²) in [5.41, 5.74) is -0.768. The second-order valence-electron chi connectivity index (χ2n) is 2.75. The van der Waals surface area contributed by atoms with Crippen molar-refractivity contribution in [3.8, 4) is 0 Å². The normalized spacial score (nSPS) is 10.6. The first-order chi connectivity index (χ1) is 6.39. The maximum Gasteiger partial charge on any atom is 1.00 e. The summed E-state index contributed by atoms with van der Waals surface area (Å²) in [6.45, 7) is 0. The van der Waals surface area contributed by atoms with E-state index in [1.165, 1.54) is 12.1 Å². The van der Waals surface area contributed by atoms with Gasteiger partial charge in [0.1, 0.15) is 0 Å². The molecule has 76 valence electrons. The molecule has 1 rings (SSSR count). The van der Waals surface area contributed by atoms with Crippen molar-refractivity contribution in [1.29, 1.82) is 0 Å². The molecule has 6 heteroatoms. The maximum absolute atomic E-state index is 12.1. The van der Waals surface area contributed by atoms with E-state index in [2.05, 4.69) is 0 Å². The smallest absolute Gasteiger partial charge is 0.550 e. The van der Waals surface area contributed by atoms with Crippen LogP contribution in [0.25, 0.3) is 0 Å². The summed E-state index contributed by atoms with van der Waals surface area (Å²) in [6.07, 6.45) is -4.95. The number of carbonyl (C=O) groups is 1. The Morgan fingerprint density at radius 1 is 1.33 bits per heavy atom. The first-order valence-corrected chi connectivity index (χ1v) is 3.75. The van der Waals surface area contributed by atoms with Crippen molar-refractivity contribution in [2.75, 3.05) is 0 Å². The summed E-state index contributed by atoms with van der Waals surface area (Å²) in [7, 11) is 0. The minimum atomic E-state index is -4.44. The van der Waals surface area contributed by atoms with Gasteiger partial charge in [-0.2, -0.15) is 13.2 Å². The zero-order chi connectivity index (χ0) is 10.8. The summed E-state index contributed by atoms with van der Waals surface area (Å²) in [6, 6.07) is 4.17.